The van der Waals surface area contributed by atoms with E-state index < -0.39 is 12.1 Å². The monoisotopic (exact) mass is 175 g/mol. The molecule has 1 aromatic rings. The highest BCUT2D eigenvalue weighted by Crippen LogP contribution is 2.05. The lowest BCUT2D eigenvalue weighted by Gasteiger charge is -2.03. The second-order valence-electron chi connectivity index (χ2n) is 2.22. The minimum Gasteiger partial charge on any atom is -0.392 e. The molecular weight excluding hydrogens is 168 g/mol. The van der Waals surface area contributed by atoms with Gasteiger partial charge in [-0.1, -0.05) is 0 Å². The Morgan fingerprint density at radius 2 is 2.25 bits per heavy atom. The highest BCUT2D eigenvalue weighted by molar-refractivity contribution is 5.09. The molecule has 0 saturated heterocycles. The molecule has 0 aliphatic carbocycles. The molecule has 5 heteroatoms. The van der Waals surface area contributed by atoms with Crippen LogP contribution in [0.4, 0.5) is 8.78 Å². The first-order valence-corrected chi connectivity index (χ1v) is 3.25. The van der Waals surface area contributed by atoms with Gasteiger partial charge >= 0.3 is 6.55 Å². The minimum absolute atomic E-state index is 0.291. The van der Waals surface area contributed by atoms with Gasteiger partial charge in [-0.25, -0.2) is 0 Å². The largest absolute Gasteiger partial charge is 0.392 e. The number of hydrogen-bond acceptors (Lipinski definition) is 2. The summed E-state index contributed by atoms with van der Waals surface area (Å²) in [5.74, 6) is 0. The maximum atomic E-state index is 12.0. The van der Waals surface area contributed by atoms with Gasteiger partial charge in [0.05, 0.1) is 6.61 Å². The third-order valence-electron chi connectivity index (χ3n) is 1.41. The molecule has 1 aromatic heterocycles. The van der Waals surface area contributed by atoms with E-state index in [0.29, 0.717) is 10.1 Å². The van der Waals surface area contributed by atoms with Gasteiger partial charge in [0.15, 0.2) is 0 Å². The molecule has 1 N–H and O–H groups in total. The molecule has 0 fully saturated rings. The maximum Gasteiger partial charge on any atom is 0.321 e. The van der Waals surface area contributed by atoms with Crippen LogP contribution in [0.1, 0.15) is 12.1 Å². The summed E-state index contributed by atoms with van der Waals surface area (Å²) in [5.41, 5.74) is -0.478. The molecule has 0 radical (unpaired) electrons. The van der Waals surface area contributed by atoms with E-state index in [1.807, 2.05) is 0 Å². The number of aliphatic hydroxyl groups is 1. The average molecular weight is 175 g/mol. The summed E-state index contributed by atoms with van der Waals surface area (Å²) in [4.78, 5) is 10.8. The van der Waals surface area contributed by atoms with Crippen LogP contribution in [0.25, 0.3) is 0 Å². The van der Waals surface area contributed by atoms with Crippen molar-refractivity contribution in [1.82, 2.24) is 4.57 Å². The van der Waals surface area contributed by atoms with Crippen LogP contribution < -0.4 is 5.56 Å². The molecule has 0 aliphatic heterocycles. The van der Waals surface area contributed by atoms with Crippen molar-refractivity contribution in [1.29, 1.82) is 0 Å². The van der Waals surface area contributed by atoms with Gasteiger partial charge in [-0.15, -0.1) is 0 Å². The Balaban J connectivity index is 3.12. The number of pyridine rings is 1. The molecule has 3 nitrogen and oxygen atoms in total. The Kier molecular flexibility index (Phi) is 2.54. The Hall–Kier alpha value is -1.23. The zero-order valence-corrected chi connectivity index (χ0v) is 6.08. The molecule has 1 rings (SSSR count). The Bertz CT molecular complexity index is 321. The van der Waals surface area contributed by atoms with Crippen molar-refractivity contribution in [3.05, 3.63) is 34.2 Å². The molecular formula is C7H7F2NO2. The molecule has 0 aliphatic rings. The Labute approximate surface area is 66.9 Å². The lowest BCUT2D eigenvalue weighted by atomic mass is 10.3. The third kappa shape index (κ3) is 1.68. The first kappa shape index (κ1) is 8.86. The molecule has 0 bridgehead atoms. The third-order valence-corrected chi connectivity index (χ3v) is 1.41. The van der Waals surface area contributed by atoms with Gasteiger partial charge in [0.1, 0.15) is 0 Å². The van der Waals surface area contributed by atoms with E-state index in [9.17, 15) is 13.6 Å². The fraction of sp³-hybridized carbons (Fsp3) is 0.286. The normalized spacial score (nSPS) is 10.7. The number of rotatable bonds is 2. The topological polar surface area (TPSA) is 42.2 Å². The van der Waals surface area contributed by atoms with E-state index in [1.54, 1.807) is 0 Å². The smallest absolute Gasteiger partial charge is 0.321 e. The molecule has 12 heavy (non-hydrogen) atoms. The fourth-order valence-corrected chi connectivity index (χ4v) is 0.790. The standard InChI is InChI=1S/C7H7F2NO2/c8-7(9)10-2-1-5(4-11)3-6(10)12/h1-3,7,11H,4H2. The van der Waals surface area contributed by atoms with E-state index in [4.69, 9.17) is 5.11 Å². The van der Waals surface area contributed by atoms with Crippen molar-refractivity contribution >= 4 is 0 Å². The van der Waals surface area contributed by atoms with Crippen molar-refractivity contribution < 1.29 is 13.9 Å². The van der Waals surface area contributed by atoms with E-state index >= 15 is 0 Å². The summed E-state index contributed by atoms with van der Waals surface area (Å²) < 4.78 is 24.2. The van der Waals surface area contributed by atoms with Crippen molar-refractivity contribution in [2.45, 2.75) is 13.2 Å². The van der Waals surface area contributed by atoms with Gasteiger partial charge in [-0.2, -0.15) is 8.78 Å². The lowest BCUT2D eigenvalue weighted by Crippen LogP contribution is -2.19. The Morgan fingerprint density at radius 1 is 1.58 bits per heavy atom. The highest BCUT2D eigenvalue weighted by Gasteiger charge is 2.06. The van der Waals surface area contributed by atoms with Crippen LogP contribution in [-0.4, -0.2) is 9.67 Å². The van der Waals surface area contributed by atoms with Gasteiger partial charge < -0.3 is 5.11 Å². The molecule has 0 spiro atoms. The molecule has 66 valence electrons. The predicted octanol–water partition coefficient (Wildman–Crippen LogP) is 0.736. The molecule has 0 atom stereocenters. The lowest BCUT2D eigenvalue weighted by molar-refractivity contribution is 0.0661. The van der Waals surface area contributed by atoms with Crippen LogP contribution in [0, 0.1) is 0 Å². The van der Waals surface area contributed by atoms with Crippen molar-refractivity contribution in [2.75, 3.05) is 0 Å². The van der Waals surface area contributed by atoms with Gasteiger partial charge in [0, 0.05) is 12.3 Å². The molecule has 0 unspecified atom stereocenters. The summed E-state index contributed by atoms with van der Waals surface area (Å²) >= 11 is 0. The summed E-state index contributed by atoms with van der Waals surface area (Å²) in [7, 11) is 0. The summed E-state index contributed by atoms with van der Waals surface area (Å²) in [5, 5.41) is 8.56. The first-order valence-electron chi connectivity index (χ1n) is 3.25. The number of hydrogen-bond donors (Lipinski definition) is 1. The van der Waals surface area contributed by atoms with E-state index in [2.05, 4.69) is 0 Å². The van der Waals surface area contributed by atoms with Crippen molar-refractivity contribution in [3.8, 4) is 0 Å². The number of aliphatic hydroxyl groups excluding tert-OH is 1. The Morgan fingerprint density at radius 3 is 2.67 bits per heavy atom. The summed E-state index contributed by atoms with van der Waals surface area (Å²) in [6.07, 6.45) is 0.957. The van der Waals surface area contributed by atoms with E-state index in [-0.39, 0.29) is 6.61 Å². The van der Waals surface area contributed by atoms with Gasteiger partial charge in [-0.05, 0) is 11.6 Å². The first-order chi connectivity index (χ1) is 5.65. The van der Waals surface area contributed by atoms with Crippen LogP contribution in [0.2, 0.25) is 0 Å². The van der Waals surface area contributed by atoms with Gasteiger partial charge in [0.2, 0.25) is 0 Å². The van der Waals surface area contributed by atoms with Crippen LogP contribution in [-0.2, 0) is 6.61 Å². The second kappa shape index (κ2) is 3.44. The molecule has 1 heterocycles. The number of nitrogens with zero attached hydrogens (tertiary/aromatic N) is 1. The maximum absolute atomic E-state index is 12.0. The number of halogens is 2. The summed E-state index contributed by atoms with van der Waals surface area (Å²) in [6.45, 7) is -3.15. The zero-order valence-electron chi connectivity index (χ0n) is 6.08. The van der Waals surface area contributed by atoms with Crippen LogP contribution in [0.3, 0.4) is 0 Å². The predicted molar refractivity (Wildman–Crippen MR) is 37.9 cm³/mol. The molecule has 0 saturated carbocycles. The average Bonchev–Trinajstić information content (AvgIpc) is 2.03. The van der Waals surface area contributed by atoms with E-state index in [1.165, 1.54) is 6.07 Å². The zero-order chi connectivity index (χ0) is 9.14. The highest BCUT2D eigenvalue weighted by atomic mass is 19.3. The van der Waals surface area contributed by atoms with Crippen LogP contribution in [0.5, 0.6) is 0 Å². The van der Waals surface area contributed by atoms with Crippen LogP contribution >= 0.6 is 0 Å². The summed E-state index contributed by atoms with van der Waals surface area (Å²) in [6, 6.07) is 2.25. The minimum atomic E-state index is -2.83. The fourth-order valence-electron chi connectivity index (χ4n) is 0.790. The van der Waals surface area contributed by atoms with Crippen molar-refractivity contribution in [3.63, 3.8) is 0 Å². The van der Waals surface area contributed by atoms with Crippen molar-refractivity contribution in [2.24, 2.45) is 0 Å². The van der Waals surface area contributed by atoms with Gasteiger partial charge in [-0.3, -0.25) is 9.36 Å². The number of aromatic nitrogens is 1. The SMILES string of the molecule is O=c1cc(CO)ccn1C(F)F. The quantitative estimate of drug-likeness (QED) is 0.720. The molecule has 0 aromatic carbocycles. The van der Waals surface area contributed by atoms with Gasteiger partial charge in [0.25, 0.3) is 5.56 Å². The second-order valence-corrected chi connectivity index (χ2v) is 2.22. The van der Waals surface area contributed by atoms with Crippen LogP contribution in [0.15, 0.2) is 23.1 Å². The molecule has 0 amide bonds. The number of alkyl halides is 2. The van der Waals surface area contributed by atoms with E-state index in [0.717, 1.165) is 12.3 Å².